The molecule has 0 bridgehead atoms. The summed E-state index contributed by atoms with van der Waals surface area (Å²) in [5.74, 6) is 0. The molecule has 4 heteroatoms. The first-order valence-corrected chi connectivity index (χ1v) is 27.2. The van der Waals surface area contributed by atoms with Crippen LogP contribution < -0.4 is 9.80 Å². The van der Waals surface area contributed by atoms with Crippen molar-refractivity contribution in [3.63, 3.8) is 0 Å². The third kappa shape index (κ3) is 8.27. The van der Waals surface area contributed by atoms with E-state index < -0.39 is 0 Å². The Morgan fingerprint density at radius 2 is 0.868 bits per heavy atom. The summed E-state index contributed by atoms with van der Waals surface area (Å²) in [4.78, 5) is 4.95. The van der Waals surface area contributed by atoms with E-state index in [1.807, 2.05) is 0 Å². The molecule has 10 aromatic rings. The number of aromatic nitrogens is 2. The molecule has 76 heavy (non-hydrogen) atoms. The van der Waals surface area contributed by atoms with Crippen LogP contribution in [0.2, 0.25) is 0 Å². The topological polar surface area (TPSA) is 16.3 Å². The number of rotatable bonds is 11. The molecule has 8 aromatic carbocycles. The van der Waals surface area contributed by atoms with E-state index in [-0.39, 0.29) is 0 Å². The Hall–Kier alpha value is -9.12. The summed E-state index contributed by atoms with van der Waals surface area (Å²) in [6, 6.07) is 74.1. The lowest BCUT2D eigenvalue weighted by molar-refractivity contribution is 0.888. The highest BCUT2D eigenvalue weighted by Gasteiger charge is 2.25. The van der Waals surface area contributed by atoms with Gasteiger partial charge < -0.3 is 18.9 Å². The Balaban J connectivity index is 0.847. The number of hydrogen-bond acceptors (Lipinski definition) is 2. The molecule has 14 rings (SSSR count). The lowest BCUT2D eigenvalue weighted by Crippen LogP contribution is -2.18. The molecule has 4 aliphatic carbocycles. The molecule has 4 aliphatic rings. The second kappa shape index (κ2) is 19.6. The summed E-state index contributed by atoms with van der Waals surface area (Å²) in [5.41, 5.74) is 24.9. The smallest absolute Gasteiger partial charge is 0.0539 e. The van der Waals surface area contributed by atoms with Gasteiger partial charge >= 0.3 is 0 Å². The fraction of sp³-hybridized carbons (Fsp3) is 0.111. The molecule has 0 aliphatic heterocycles. The van der Waals surface area contributed by atoms with Crippen LogP contribution in [0.5, 0.6) is 0 Å². The highest BCUT2D eigenvalue weighted by molar-refractivity contribution is 5.98. The Kier molecular flexibility index (Phi) is 11.7. The molecule has 0 fully saturated rings. The molecule has 0 saturated heterocycles. The summed E-state index contributed by atoms with van der Waals surface area (Å²) < 4.78 is 4.96. The van der Waals surface area contributed by atoms with Crippen molar-refractivity contribution >= 4 is 73.5 Å². The maximum Gasteiger partial charge on any atom is 0.0539 e. The summed E-state index contributed by atoms with van der Waals surface area (Å²) in [6.07, 6.45) is 29.2. The van der Waals surface area contributed by atoms with Crippen LogP contribution in [0.25, 0.3) is 67.6 Å². The van der Waals surface area contributed by atoms with Gasteiger partial charge in [-0.2, -0.15) is 0 Å². The van der Waals surface area contributed by atoms with Crippen molar-refractivity contribution in [2.75, 3.05) is 9.80 Å². The Bertz CT molecular complexity index is 4030. The second-order valence-corrected chi connectivity index (χ2v) is 20.5. The molecular formula is C72H58N4. The van der Waals surface area contributed by atoms with Crippen molar-refractivity contribution in [2.24, 2.45) is 0 Å². The largest absolute Gasteiger partial charge is 0.314 e. The van der Waals surface area contributed by atoms with Gasteiger partial charge in [-0.15, -0.1) is 0 Å². The summed E-state index contributed by atoms with van der Waals surface area (Å²) >= 11 is 0. The molecule has 0 amide bonds. The van der Waals surface area contributed by atoms with Crippen LogP contribution in [0.1, 0.15) is 72.2 Å². The molecule has 0 spiro atoms. The van der Waals surface area contributed by atoms with Gasteiger partial charge in [0, 0.05) is 78.8 Å². The predicted molar refractivity (Wildman–Crippen MR) is 322 cm³/mol. The second-order valence-electron chi connectivity index (χ2n) is 20.5. The first kappa shape index (κ1) is 45.5. The van der Waals surface area contributed by atoms with Crippen molar-refractivity contribution in [2.45, 2.75) is 51.4 Å². The standard InChI is InChI=1S/C72H58N4/c1-5-19-51(20-6-1)55-23-17-29-61(47-55)73(63-43-45-71-67(49-63)65-31-13-15-33-69(65)75(71)57-25-9-3-10-26-57)59-39-35-53(36-40-59)54-37-41-60(42-38-54)74(62-30-18-24-56(48-62)52-21-7-2-8-22-52)64-44-46-72-68(50-64)66-32-14-16-34-70(66)76(72)58-27-11-4-12-28-58/h1,3-7,9-14,17-32,35-37,39-41,43-50H,2,8,15-16,33-34,38,42H2. The molecule has 0 N–H and O–H groups in total. The monoisotopic (exact) mass is 978 g/mol. The van der Waals surface area contributed by atoms with Crippen LogP contribution in [0, 0.1) is 0 Å². The van der Waals surface area contributed by atoms with E-state index >= 15 is 0 Å². The quantitative estimate of drug-likeness (QED) is 0.128. The van der Waals surface area contributed by atoms with Gasteiger partial charge in [0.2, 0.25) is 0 Å². The first-order valence-electron chi connectivity index (χ1n) is 27.2. The number of nitrogens with zero attached hydrogens (tertiary/aromatic N) is 4. The normalized spacial score (nSPS) is 14.8. The van der Waals surface area contributed by atoms with Crippen LogP contribution in [-0.2, 0) is 12.8 Å². The number of para-hydroxylation sites is 2. The molecule has 0 radical (unpaired) electrons. The third-order valence-corrected chi connectivity index (χ3v) is 15.9. The SMILES string of the molecule is C1=CC(c2cccc(N(C3=CC=C(c4ccc(N(c5cccc(-c6ccccc6)c5)c5ccc6c(c5)c5c(n6-c6ccccc6)CCC=C5)cc4)CC3)c3ccc4c(c3)c3c(n4-c4ccccc4)CCC=C3)c2)=CCC1. The zero-order valence-corrected chi connectivity index (χ0v) is 42.7. The summed E-state index contributed by atoms with van der Waals surface area (Å²) in [6.45, 7) is 0. The summed E-state index contributed by atoms with van der Waals surface area (Å²) in [5, 5.41) is 2.56. The fourth-order valence-electron chi connectivity index (χ4n) is 12.4. The minimum absolute atomic E-state index is 0.904. The van der Waals surface area contributed by atoms with Gasteiger partial charge in [0.05, 0.1) is 11.0 Å². The third-order valence-electron chi connectivity index (χ3n) is 15.9. The lowest BCUT2D eigenvalue weighted by Gasteiger charge is -2.31. The Labute approximate surface area is 446 Å². The van der Waals surface area contributed by atoms with E-state index in [2.05, 4.69) is 274 Å². The van der Waals surface area contributed by atoms with Gasteiger partial charge in [-0.05, 0) is 188 Å². The van der Waals surface area contributed by atoms with E-state index in [9.17, 15) is 0 Å². The molecule has 0 atom stereocenters. The highest BCUT2D eigenvalue weighted by atomic mass is 15.2. The average molecular weight is 979 g/mol. The van der Waals surface area contributed by atoms with E-state index in [1.54, 1.807) is 0 Å². The zero-order chi connectivity index (χ0) is 50.4. The van der Waals surface area contributed by atoms with Crippen molar-refractivity contribution < 1.29 is 0 Å². The van der Waals surface area contributed by atoms with Crippen molar-refractivity contribution in [3.8, 4) is 22.5 Å². The van der Waals surface area contributed by atoms with Gasteiger partial charge in [0.15, 0.2) is 0 Å². The maximum absolute atomic E-state index is 2.52. The first-order chi connectivity index (χ1) is 37.7. The zero-order valence-electron chi connectivity index (χ0n) is 42.7. The van der Waals surface area contributed by atoms with E-state index in [1.165, 1.54) is 106 Å². The lowest BCUT2D eigenvalue weighted by atomic mass is 9.94. The van der Waals surface area contributed by atoms with Gasteiger partial charge in [-0.25, -0.2) is 0 Å². The van der Waals surface area contributed by atoms with Crippen LogP contribution >= 0.6 is 0 Å². The van der Waals surface area contributed by atoms with E-state index in [0.29, 0.717) is 0 Å². The van der Waals surface area contributed by atoms with Crippen molar-refractivity contribution in [3.05, 3.63) is 282 Å². The van der Waals surface area contributed by atoms with Crippen molar-refractivity contribution in [1.29, 1.82) is 0 Å². The number of benzene rings is 8. The number of allylic oxidation sites excluding steroid dienone is 10. The number of fused-ring (bicyclic) bond motifs is 6. The minimum atomic E-state index is 0.904. The molecule has 2 heterocycles. The fourth-order valence-corrected chi connectivity index (χ4v) is 12.4. The minimum Gasteiger partial charge on any atom is -0.314 e. The molecular weight excluding hydrogens is 921 g/mol. The Morgan fingerprint density at radius 3 is 1.46 bits per heavy atom. The molecule has 2 aromatic heterocycles. The van der Waals surface area contributed by atoms with E-state index in [4.69, 9.17) is 0 Å². The average Bonchev–Trinajstić information content (AvgIpc) is 4.02. The van der Waals surface area contributed by atoms with Crippen LogP contribution in [-0.4, -0.2) is 9.13 Å². The van der Waals surface area contributed by atoms with E-state index in [0.717, 1.165) is 68.4 Å². The molecule has 0 saturated carbocycles. The molecule has 0 unspecified atom stereocenters. The molecule has 366 valence electrons. The highest BCUT2D eigenvalue weighted by Crippen LogP contribution is 2.44. The number of anilines is 5. The maximum atomic E-state index is 2.52. The van der Waals surface area contributed by atoms with Gasteiger partial charge in [-0.1, -0.05) is 152 Å². The Morgan fingerprint density at radius 1 is 0.342 bits per heavy atom. The van der Waals surface area contributed by atoms with Crippen LogP contribution in [0.4, 0.5) is 28.4 Å². The van der Waals surface area contributed by atoms with Gasteiger partial charge in [-0.3, -0.25) is 0 Å². The van der Waals surface area contributed by atoms with Gasteiger partial charge in [0.1, 0.15) is 0 Å². The summed E-state index contributed by atoms with van der Waals surface area (Å²) in [7, 11) is 0. The number of hydrogen-bond donors (Lipinski definition) is 0. The predicted octanol–water partition coefficient (Wildman–Crippen LogP) is 19.3. The van der Waals surface area contributed by atoms with Crippen LogP contribution in [0.15, 0.2) is 248 Å². The van der Waals surface area contributed by atoms with Crippen molar-refractivity contribution in [1.82, 2.24) is 9.13 Å². The molecule has 4 nitrogen and oxygen atoms in total. The van der Waals surface area contributed by atoms with Crippen LogP contribution in [0.3, 0.4) is 0 Å². The van der Waals surface area contributed by atoms with Gasteiger partial charge in [0.25, 0.3) is 0 Å².